The van der Waals surface area contributed by atoms with E-state index in [1.807, 2.05) is 6.92 Å². The lowest BCUT2D eigenvalue weighted by Crippen LogP contribution is -2.16. The molecule has 0 fully saturated rings. The molecular formula is C12H17N5. The summed E-state index contributed by atoms with van der Waals surface area (Å²) in [5, 5.41) is 8.37. The van der Waals surface area contributed by atoms with Gasteiger partial charge in [-0.25, -0.2) is 4.99 Å². The van der Waals surface area contributed by atoms with Crippen LogP contribution >= 0.6 is 0 Å². The molecule has 0 amide bonds. The third-order valence-corrected chi connectivity index (χ3v) is 2.77. The molecule has 2 rings (SSSR count). The van der Waals surface area contributed by atoms with E-state index in [0.29, 0.717) is 5.82 Å². The molecule has 0 aromatic carbocycles. The van der Waals surface area contributed by atoms with Crippen LogP contribution in [-0.2, 0) is 13.0 Å². The molecule has 5 nitrogen and oxygen atoms in total. The maximum atomic E-state index is 5.71. The van der Waals surface area contributed by atoms with E-state index in [1.165, 1.54) is 12.8 Å². The number of aromatic nitrogens is 3. The molecule has 1 aliphatic rings. The van der Waals surface area contributed by atoms with E-state index in [1.54, 1.807) is 12.2 Å². The Morgan fingerprint density at radius 2 is 2.29 bits per heavy atom. The average molecular weight is 231 g/mol. The van der Waals surface area contributed by atoms with Crippen LogP contribution in [0.15, 0.2) is 29.5 Å². The Morgan fingerprint density at radius 3 is 3.06 bits per heavy atom. The summed E-state index contributed by atoms with van der Waals surface area (Å²) in [4.78, 5) is 4.28. The number of nitrogens with two attached hydrogens (primary N) is 1. The quantitative estimate of drug-likeness (QED) is 0.631. The summed E-state index contributed by atoms with van der Waals surface area (Å²) in [6.45, 7) is 6.45. The number of aryl methyl sites for hydroxylation is 1. The second kappa shape index (κ2) is 4.95. The fraction of sp³-hybridized carbons (Fsp3) is 0.417. The van der Waals surface area contributed by atoms with Crippen molar-refractivity contribution < 1.29 is 0 Å². The highest BCUT2D eigenvalue weighted by Crippen LogP contribution is 2.14. The number of aliphatic imine (C=N–C) groups is 1. The molecular weight excluding hydrogens is 214 g/mol. The molecule has 0 saturated carbocycles. The first-order valence-electron chi connectivity index (χ1n) is 5.78. The molecule has 1 aromatic heterocycles. The van der Waals surface area contributed by atoms with Crippen LogP contribution in [0.25, 0.3) is 0 Å². The van der Waals surface area contributed by atoms with Gasteiger partial charge in [0.2, 0.25) is 0 Å². The van der Waals surface area contributed by atoms with Crippen molar-refractivity contribution in [1.82, 2.24) is 14.8 Å². The van der Waals surface area contributed by atoms with E-state index < -0.39 is 0 Å². The average Bonchev–Trinajstić information content (AvgIpc) is 2.72. The summed E-state index contributed by atoms with van der Waals surface area (Å²) in [6, 6.07) is 0. The molecule has 17 heavy (non-hydrogen) atoms. The normalized spacial score (nSPS) is 16.8. The van der Waals surface area contributed by atoms with Gasteiger partial charge in [0.1, 0.15) is 11.6 Å². The zero-order valence-electron chi connectivity index (χ0n) is 10.1. The Morgan fingerprint density at radius 1 is 1.47 bits per heavy atom. The van der Waals surface area contributed by atoms with Gasteiger partial charge in [0, 0.05) is 13.0 Å². The van der Waals surface area contributed by atoms with Crippen LogP contribution in [0.3, 0.4) is 0 Å². The molecule has 2 heterocycles. The monoisotopic (exact) mass is 231 g/mol. The van der Waals surface area contributed by atoms with Gasteiger partial charge in [0.05, 0.1) is 5.71 Å². The summed E-state index contributed by atoms with van der Waals surface area (Å²) in [6.07, 6.45) is 6.64. The highest BCUT2D eigenvalue weighted by atomic mass is 15.3. The van der Waals surface area contributed by atoms with Gasteiger partial charge in [-0.05, 0) is 25.8 Å². The third kappa shape index (κ3) is 2.43. The minimum absolute atomic E-state index is 0.436. The lowest BCUT2D eigenvalue weighted by atomic mass is 10.1. The highest BCUT2D eigenvalue weighted by molar-refractivity contribution is 5.96. The Bertz CT molecular complexity index is 481. The van der Waals surface area contributed by atoms with Gasteiger partial charge in [-0.15, -0.1) is 10.2 Å². The van der Waals surface area contributed by atoms with Crippen LogP contribution in [0.4, 0.5) is 0 Å². The molecule has 0 bridgehead atoms. The molecule has 2 N–H and O–H groups in total. The summed E-state index contributed by atoms with van der Waals surface area (Å²) >= 11 is 0. The van der Waals surface area contributed by atoms with Gasteiger partial charge in [0.25, 0.3) is 0 Å². The Kier molecular flexibility index (Phi) is 3.37. The molecule has 0 aliphatic carbocycles. The molecule has 0 atom stereocenters. The predicted molar refractivity (Wildman–Crippen MR) is 67.6 cm³/mol. The number of rotatable bonds is 3. The van der Waals surface area contributed by atoms with E-state index in [-0.39, 0.29) is 0 Å². The van der Waals surface area contributed by atoms with E-state index in [4.69, 9.17) is 5.73 Å². The maximum Gasteiger partial charge on any atom is 0.178 e. The van der Waals surface area contributed by atoms with Crippen molar-refractivity contribution in [2.75, 3.05) is 0 Å². The summed E-state index contributed by atoms with van der Waals surface area (Å²) in [5.41, 5.74) is 6.51. The summed E-state index contributed by atoms with van der Waals surface area (Å²) < 4.78 is 2.13. The van der Waals surface area contributed by atoms with Gasteiger partial charge in [0.15, 0.2) is 5.82 Å². The molecule has 0 saturated heterocycles. The molecule has 0 unspecified atom stereocenters. The van der Waals surface area contributed by atoms with Gasteiger partial charge in [-0.2, -0.15) is 0 Å². The van der Waals surface area contributed by atoms with Gasteiger partial charge in [-0.1, -0.05) is 12.7 Å². The molecule has 90 valence electrons. The van der Waals surface area contributed by atoms with Crippen molar-refractivity contribution in [3.8, 4) is 0 Å². The lowest BCUT2D eigenvalue weighted by Gasteiger charge is -2.14. The van der Waals surface area contributed by atoms with Crippen molar-refractivity contribution in [2.24, 2.45) is 10.7 Å². The van der Waals surface area contributed by atoms with Crippen LogP contribution in [0.2, 0.25) is 0 Å². The molecule has 1 aliphatic heterocycles. The van der Waals surface area contributed by atoms with Crippen LogP contribution in [0, 0.1) is 0 Å². The Balaban J connectivity index is 2.31. The molecule has 5 heteroatoms. The first kappa shape index (κ1) is 11.6. The maximum absolute atomic E-state index is 5.71. The van der Waals surface area contributed by atoms with Crippen LogP contribution in [-0.4, -0.2) is 20.5 Å². The third-order valence-electron chi connectivity index (χ3n) is 2.77. The SMILES string of the molecule is C=C/C=C(/N)N=C(C)c1nnc2n1CCCC2. The largest absolute Gasteiger partial charge is 0.384 e. The van der Waals surface area contributed by atoms with Crippen molar-refractivity contribution in [3.05, 3.63) is 36.2 Å². The first-order valence-corrected chi connectivity index (χ1v) is 5.78. The summed E-state index contributed by atoms with van der Waals surface area (Å²) in [7, 11) is 0. The van der Waals surface area contributed by atoms with Crippen molar-refractivity contribution in [1.29, 1.82) is 0 Å². The number of hydrogen-bond donors (Lipinski definition) is 1. The Hall–Kier alpha value is -1.91. The van der Waals surface area contributed by atoms with Crippen molar-refractivity contribution in [2.45, 2.75) is 32.7 Å². The van der Waals surface area contributed by atoms with Crippen LogP contribution in [0.1, 0.15) is 31.4 Å². The highest BCUT2D eigenvalue weighted by Gasteiger charge is 2.17. The minimum atomic E-state index is 0.436. The number of nitrogens with zero attached hydrogens (tertiary/aromatic N) is 4. The summed E-state index contributed by atoms with van der Waals surface area (Å²) in [5.74, 6) is 2.30. The second-order valence-electron chi connectivity index (χ2n) is 4.07. The van der Waals surface area contributed by atoms with Crippen LogP contribution < -0.4 is 5.73 Å². The molecule has 1 aromatic rings. The second-order valence-corrected chi connectivity index (χ2v) is 4.07. The molecule has 0 radical (unpaired) electrons. The Labute approximate surface area is 101 Å². The van der Waals surface area contributed by atoms with Crippen molar-refractivity contribution in [3.63, 3.8) is 0 Å². The lowest BCUT2D eigenvalue weighted by molar-refractivity contribution is 0.520. The zero-order valence-corrected chi connectivity index (χ0v) is 10.1. The van der Waals surface area contributed by atoms with Crippen LogP contribution in [0.5, 0.6) is 0 Å². The number of hydrogen-bond acceptors (Lipinski definition) is 4. The minimum Gasteiger partial charge on any atom is -0.384 e. The van der Waals surface area contributed by atoms with E-state index in [2.05, 4.69) is 26.3 Å². The van der Waals surface area contributed by atoms with Crippen molar-refractivity contribution >= 4 is 5.71 Å². The van der Waals surface area contributed by atoms with Gasteiger partial charge < -0.3 is 10.3 Å². The number of fused-ring (bicyclic) bond motifs is 1. The van der Waals surface area contributed by atoms with Gasteiger partial charge in [-0.3, -0.25) is 0 Å². The molecule has 0 spiro atoms. The first-order chi connectivity index (χ1) is 8.22. The predicted octanol–water partition coefficient (Wildman–Crippen LogP) is 1.41. The fourth-order valence-electron chi connectivity index (χ4n) is 1.98. The van der Waals surface area contributed by atoms with Gasteiger partial charge >= 0.3 is 0 Å². The zero-order chi connectivity index (χ0) is 12.3. The smallest absolute Gasteiger partial charge is 0.178 e. The fourth-order valence-corrected chi connectivity index (χ4v) is 1.98. The van der Waals surface area contributed by atoms with E-state index in [9.17, 15) is 0 Å². The standard InChI is InChI=1S/C12H17N5/c1-3-6-10(13)14-9(2)12-16-15-11-7-4-5-8-17(11)12/h3,6H,1,4-5,7-8,13H2,2H3/b10-6-,14-9?. The van der Waals surface area contributed by atoms with E-state index >= 15 is 0 Å². The van der Waals surface area contributed by atoms with E-state index in [0.717, 1.165) is 30.3 Å². The number of allylic oxidation sites excluding steroid dienone is 2. The topological polar surface area (TPSA) is 69.1 Å².